The Morgan fingerprint density at radius 2 is 1.57 bits per heavy atom. The Morgan fingerprint density at radius 3 is 1.71 bits per heavy atom. The van der Waals surface area contributed by atoms with Crippen LogP contribution in [0.4, 0.5) is 4.79 Å². The van der Waals surface area contributed by atoms with Crippen LogP contribution in [0.2, 0.25) is 0 Å². The Labute approximate surface area is 86.2 Å². The van der Waals surface area contributed by atoms with Gasteiger partial charge in [-0.3, -0.25) is 0 Å². The van der Waals surface area contributed by atoms with Gasteiger partial charge in [0.2, 0.25) is 0 Å². The lowest BCUT2D eigenvalue weighted by molar-refractivity contribution is -0.0663. The minimum atomic E-state index is -0.399. The Hall–Kier alpha value is -0.730. The van der Waals surface area contributed by atoms with Crippen molar-refractivity contribution in [1.29, 1.82) is 0 Å². The number of alkyl carbamates (subject to hydrolysis) is 1. The summed E-state index contributed by atoms with van der Waals surface area (Å²) in [6.07, 6.45) is -0.294. The molecule has 0 spiro atoms. The van der Waals surface area contributed by atoms with Gasteiger partial charge in [-0.1, -0.05) is 27.7 Å². The van der Waals surface area contributed by atoms with Crippen molar-refractivity contribution in [2.75, 3.05) is 0 Å². The van der Waals surface area contributed by atoms with Crippen LogP contribution < -0.4 is 5.32 Å². The second-order valence-corrected chi connectivity index (χ2v) is 5.24. The first-order chi connectivity index (χ1) is 6.24. The summed E-state index contributed by atoms with van der Waals surface area (Å²) in [6, 6.07) is 0. The van der Waals surface area contributed by atoms with Crippen molar-refractivity contribution < 1.29 is 9.53 Å². The van der Waals surface area contributed by atoms with E-state index >= 15 is 0 Å². The number of amides is 1. The molecule has 0 atom stereocenters. The molecule has 3 nitrogen and oxygen atoms in total. The van der Waals surface area contributed by atoms with Gasteiger partial charge in [0.1, 0.15) is 5.60 Å². The SMILES string of the molecule is CC(C)C1(C(C)C)OC(=O)NC1(C)C. The fourth-order valence-electron chi connectivity index (χ4n) is 3.01. The first kappa shape index (κ1) is 11.3. The van der Waals surface area contributed by atoms with Crippen molar-refractivity contribution in [2.45, 2.75) is 52.7 Å². The molecular weight excluding hydrogens is 178 g/mol. The Kier molecular flexibility index (Phi) is 2.55. The lowest BCUT2D eigenvalue weighted by atomic mass is 9.68. The first-order valence-corrected chi connectivity index (χ1v) is 5.25. The van der Waals surface area contributed by atoms with E-state index in [2.05, 4.69) is 33.0 Å². The third kappa shape index (κ3) is 1.30. The number of nitrogens with one attached hydrogen (secondary N) is 1. The molecule has 1 amide bonds. The smallest absolute Gasteiger partial charge is 0.408 e. The third-order valence-electron chi connectivity index (χ3n) is 3.37. The first-order valence-electron chi connectivity index (χ1n) is 5.25. The zero-order chi connectivity index (χ0) is 11.1. The maximum absolute atomic E-state index is 11.3. The Bertz CT molecular complexity index is 236. The van der Waals surface area contributed by atoms with Crippen LogP contribution in [0.1, 0.15) is 41.5 Å². The van der Waals surface area contributed by atoms with Crippen molar-refractivity contribution in [3.63, 3.8) is 0 Å². The van der Waals surface area contributed by atoms with Gasteiger partial charge in [0.05, 0.1) is 5.54 Å². The molecular formula is C11H21NO2. The van der Waals surface area contributed by atoms with Crippen LogP contribution in [0.15, 0.2) is 0 Å². The maximum atomic E-state index is 11.3. The summed E-state index contributed by atoms with van der Waals surface area (Å²) in [5, 5.41) is 2.89. The van der Waals surface area contributed by atoms with Gasteiger partial charge in [0.15, 0.2) is 0 Å². The van der Waals surface area contributed by atoms with Crippen molar-refractivity contribution in [3.8, 4) is 0 Å². The van der Waals surface area contributed by atoms with Crippen molar-refractivity contribution in [1.82, 2.24) is 5.32 Å². The van der Waals surface area contributed by atoms with Gasteiger partial charge in [0, 0.05) is 0 Å². The fraction of sp³-hybridized carbons (Fsp3) is 0.909. The highest BCUT2D eigenvalue weighted by Crippen LogP contribution is 2.43. The van der Waals surface area contributed by atoms with E-state index in [9.17, 15) is 4.79 Å². The summed E-state index contributed by atoms with van der Waals surface area (Å²) in [7, 11) is 0. The maximum Gasteiger partial charge on any atom is 0.408 e. The van der Waals surface area contributed by atoms with Crippen LogP contribution in [-0.4, -0.2) is 17.2 Å². The van der Waals surface area contributed by atoms with E-state index < -0.39 is 5.60 Å². The van der Waals surface area contributed by atoms with Crippen LogP contribution in [0.3, 0.4) is 0 Å². The summed E-state index contributed by atoms with van der Waals surface area (Å²) < 4.78 is 5.54. The molecule has 0 bridgehead atoms. The molecule has 1 saturated heterocycles. The quantitative estimate of drug-likeness (QED) is 0.742. The molecule has 1 aliphatic rings. The van der Waals surface area contributed by atoms with E-state index in [1.165, 1.54) is 0 Å². The van der Waals surface area contributed by atoms with Crippen LogP contribution in [0, 0.1) is 11.8 Å². The Morgan fingerprint density at radius 1 is 1.14 bits per heavy atom. The van der Waals surface area contributed by atoms with E-state index in [1.807, 2.05) is 13.8 Å². The molecule has 0 aliphatic carbocycles. The molecule has 0 saturated carbocycles. The van der Waals surface area contributed by atoms with E-state index in [0.717, 1.165) is 0 Å². The molecule has 14 heavy (non-hydrogen) atoms. The summed E-state index contributed by atoms with van der Waals surface area (Å²) in [4.78, 5) is 11.3. The highest BCUT2D eigenvalue weighted by molar-refractivity contribution is 5.72. The highest BCUT2D eigenvalue weighted by atomic mass is 16.6. The zero-order valence-electron chi connectivity index (χ0n) is 9.97. The molecule has 1 N–H and O–H groups in total. The zero-order valence-corrected chi connectivity index (χ0v) is 9.97. The van der Waals surface area contributed by atoms with Gasteiger partial charge in [0.25, 0.3) is 0 Å². The van der Waals surface area contributed by atoms with Crippen molar-refractivity contribution in [2.24, 2.45) is 11.8 Å². The topological polar surface area (TPSA) is 38.3 Å². The lowest BCUT2D eigenvalue weighted by Gasteiger charge is -2.44. The number of hydrogen-bond acceptors (Lipinski definition) is 2. The minimum Gasteiger partial charge on any atom is -0.440 e. The third-order valence-corrected chi connectivity index (χ3v) is 3.37. The number of cyclic esters (lactones) is 1. The lowest BCUT2D eigenvalue weighted by Crippen LogP contribution is -2.58. The average Bonchev–Trinajstić information content (AvgIpc) is 2.20. The second-order valence-electron chi connectivity index (χ2n) is 5.24. The predicted molar refractivity (Wildman–Crippen MR) is 56.1 cm³/mol. The van der Waals surface area contributed by atoms with Gasteiger partial charge in [-0.05, 0) is 25.7 Å². The summed E-state index contributed by atoms with van der Waals surface area (Å²) in [6.45, 7) is 12.4. The fourth-order valence-corrected chi connectivity index (χ4v) is 3.01. The molecule has 1 heterocycles. The van der Waals surface area contributed by atoms with E-state index in [0.29, 0.717) is 11.8 Å². The van der Waals surface area contributed by atoms with E-state index in [-0.39, 0.29) is 11.6 Å². The standard InChI is InChI=1S/C11H21NO2/c1-7(2)11(8(3)4)10(5,6)12-9(13)14-11/h7-8H,1-6H3,(H,12,13). The van der Waals surface area contributed by atoms with Crippen LogP contribution in [-0.2, 0) is 4.74 Å². The molecule has 1 rings (SSSR count). The molecule has 1 fully saturated rings. The van der Waals surface area contributed by atoms with Crippen LogP contribution in [0.5, 0.6) is 0 Å². The predicted octanol–water partition coefficient (Wildman–Crippen LogP) is 2.56. The van der Waals surface area contributed by atoms with Crippen molar-refractivity contribution in [3.05, 3.63) is 0 Å². The highest BCUT2D eigenvalue weighted by Gasteiger charge is 2.58. The number of ether oxygens (including phenoxy) is 1. The molecule has 0 aromatic heterocycles. The molecule has 3 heteroatoms. The van der Waals surface area contributed by atoms with E-state index in [1.54, 1.807) is 0 Å². The largest absolute Gasteiger partial charge is 0.440 e. The van der Waals surface area contributed by atoms with Gasteiger partial charge in [-0.2, -0.15) is 0 Å². The summed E-state index contributed by atoms with van der Waals surface area (Å²) >= 11 is 0. The second kappa shape index (κ2) is 3.14. The Balaban J connectivity index is 3.16. The van der Waals surface area contributed by atoms with Crippen LogP contribution in [0.25, 0.3) is 0 Å². The van der Waals surface area contributed by atoms with Gasteiger partial charge >= 0.3 is 6.09 Å². The molecule has 1 aliphatic heterocycles. The molecule has 82 valence electrons. The number of carbonyl (C=O) groups is 1. The molecule has 0 aromatic carbocycles. The normalized spacial score (nSPS) is 23.9. The molecule has 0 aromatic rings. The van der Waals surface area contributed by atoms with Crippen molar-refractivity contribution >= 4 is 6.09 Å². The van der Waals surface area contributed by atoms with Gasteiger partial charge < -0.3 is 10.1 Å². The summed E-state index contributed by atoms with van der Waals surface area (Å²) in [5.74, 6) is 0.605. The van der Waals surface area contributed by atoms with Gasteiger partial charge in [-0.15, -0.1) is 0 Å². The average molecular weight is 199 g/mol. The minimum absolute atomic E-state index is 0.294. The number of hydrogen-bond donors (Lipinski definition) is 1. The van der Waals surface area contributed by atoms with Crippen LogP contribution >= 0.6 is 0 Å². The van der Waals surface area contributed by atoms with Gasteiger partial charge in [-0.25, -0.2) is 4.79 Å². The number of carbonyl (C=O) groups excluding carboxylic acids is 1. The number of rotatable bonds is 2. The molecule has 0 unspecified atom stereocenters. The molecule has 0 radical (unpaired) electrons. The monoisotopic (exact) mass is 199 g/mol. The van der Waals surface area contributed by atoms with E-state index in [4.69, 9.17) is 4.74 Å². The summed E-state index contributed by atoms with van der Waals surface area (Å²) in [5.41, 5.74) is -0.698.